The predicted octanol–water partition coefficient (Wildman–Crippen LogP) is 3.80. The number of anilines is 1. The van der Waals surface area contributed by atoms with Crippen molar-refractivity contribution in [1.29, 1.82) is 0 Å². The molecule has 5 nitrogen and oxygen atoms in total. The number of rotatable bonds is 4. The minimum Gasteiger partial charge on any atom is -0.325 e. The lowest BCUT2D eigenvalue weighted by Crippen LogP contribution is -2.26. The highest BCUT2D eigenvalue weighted by Crippen LogP contribution is 2.23. The van der Waals surface area contributed by atoms with E-state index in [1.54, 1.807) is 11.5 Å². The van der Waals surface area contributed by atoms with Crippen LogP contribution in [0.3, 0.4) is 0 Å². The number of nitrogens with zero attached hydrogens (tertiary/aromatic N) is 2. The molecule has 1 aromatic heterocycles. The molecule has 0 spiro atoms. The second-order valence-electron chi connectivity index (χ2n) is 5.92. The molecule has 3 aromatic rings. The van der Waals surface area contributed by atoms with Crippen molar-refractivity contribution in [3.8, 4) is 0 Å². The van der Waals surface area contributed by atoms with Gasteiger partial charge in [-0.05, 0) is 59.6 Å². The third-order valence-corrected chi connectivity index (χ3v) is 4.63. The number of fused-ring (bicyclic) bond motifs is 1. The number of aryl methyl sites for hydroxylation is 3. The summed E-state index contributed by atoms with van der Waals surface area (Å²) in [6, 6.07) is 13.2. The Balaban J connectivity index is 1.79. The Morgan fingerprint density at radius 1 is 1.20 bits per heavy atom. The lowest BCUT2D eigenvalue weighted by atomic mass is 10.2. The van der Waals surface area contributed by atoms with Crippen molar-refractivity contribution in [2.75, 3.05) is 5.32 Å². The molecule has 0 aliphatic rings. The molecule has 25 heavy (non-hydrogen) atoms. The van der Waals surface area contributed by atoms with Crippen molar-refractivity contribution < 1.29 is 4.79 Å². The van der Waals surface area contributed by atoms with E-state index >= 15 is 0 Å². The van der Waals surface area contributed by atoms with Crippen LogP contribution in [0.25, 0.3) is 11.0 Å². The number of hydrogen-bond acceptors (Lipinski definition) is 3. The van der Waals surface area contributed by atoms with Crippen LogP contribution in [-0.4, -0.2) is 15.5 Å². The molecule has 0 unspecified atom stereocenters. The molecule has 0 aliphatic carbocycles. The van der Waals surface area contributed by atoms with Gasteiger partial charge in [0, 0.05) is 17.4 Å². The fraction of sp³-hybridized carbons (Fsp3) is 0.211. The van der Waals surface area contributed by atoms with Gasteiger partial charge in [-0.3, -0.25) is 9.59 Å². The van der Waals surface area contributed by atoms with Gasteiger partial charge in [-0.15, -0.1) is 0 Å². The first-order valence-corrected chi connectivity index (χ1v) is 8.77. The molecule has 0 aliphatic heterocycles. The molecule has 3 rings (SSSR count). The van der Waals surface area contributed by atoms with Crippen LogP contribution < -0.4 is 10.9 Å². The van der Waals surface area contributed by atoms with E-state index in [1.165, 1.54) is 0 Å². The van der Waals surface area contributed by atoms with Crippen molar-refractivity contribution in [2.45, 2.75) is 26.8 Å². The molecule has 0 atom stereocenters. The first kappa shape index (κ1) is 17.4. The van der Waals surface area contributed by atoms with E-state index in [0.717, 1.165) is 26.8 Å². The zero-order chi connectivity index (χ0) is 18.0. The Kier molecular flexibility index (Phi) is 4.99. The number of hydrogen-bond donors (Lipinski definition) is 1. The molecule has 6 heteroatoms. The third-order valence-electron chi connectivity index (χ3n) is 3.98. The third kappa shape index (κ3) is 3.79. The van der Waals surface area contributed by atoms with Crippen molar-refractivity contribution in [2.24, 2.45) is 0 Å². The largest absolute Gasteiger partial charge is 0.325 e. The molecular formula is C19H18BrN3O2. The summed E-state index contributed by atoms with van der Waals surface area (Å²) in [5, 5.41) is 2.87. The first-order valence-electron chi connectivity index (χ1n) is 7.98. The average Bonchev–Trinajstić information content (AvgIpc) is 2.58. The number of aromatic nitrogens is 2. The second kappa shape index (κ2) is 7.19. The Bertz CT molecular complexity index is 1010. The van der Waals surface area contributed by atoms with Crippen LogP contribution in [0.5, 0.6) is 0 Å². The van der Waals surface area contributed by atoms with Crippen LogP contribution in [0.1, 0.15) is 17.7 Å². The molecule has 0 bridgehead atoms. The molecule has 1 N–H and O–H groups in total. The molecule has 0 saturated carbocycles. The highest BCUT2D eigenvalue weighted by molar-refractivity contribution is 9.10. The molecule has 1 heterocycles. The van der Waals surface area contributed by atoms with E-state index in [2.05, 4.69) is 26.2 Å². The van der Waals surface area contributed by atoms with Gasteiger partial charge in [0.05, 0.1) is 16.7 Å². The monoisotopic (exact) mass is 399 g/mol. The molecular weight excluding hydrogens is 382 g/mol. The second-order valence-corrected chi connectivity index (χ2v) is 6.78. The van der Waals surface area contributed by atoms with Gasteiger partial charge in [0.2, 0.25) is 5.91 Å². The highest BCUT2D eigenvalue weighted by Gasteiger charge is 2.11. The molecule has 2 aromatic carbocycles. The normalized spacial score (nSPS) is 10.8. The lowest BCUT2D eigenvalue weighted by Gasteiger charge is -2.12. The van der Waals surface area contributed by atoms with Gasteiger partial charge in [-0.1, -0.05) is 18.2 Å². The zero-order valence-electron chi connectivity index (χ0n) is 14.0. The topological polar surface area (TPSA) is 64.0 Å². The SMILES string of the molecule is Cc1ccc(NC(=O)CCn2c(=O)c(C)nc3ccccc32)c(Br)c1. The minimum absolute atomic E-state index is 0.144. The quantitative estimate of drug-likeness (QED) is 0.725. The number of amides is 1. The average molecular weight is 400 g/mol. The summed E-state index contributed by atoms with van der Waals surface area (Å²) in [5.74, 6) is -0.144. The van der Waals surface area contributed by atoms with Crippen LogP contribution in [0, 0.1) is 13.8 Å². The molecule has 0 radical (unpaired) electrons. The number of benzene rings is 2. The summed E-state index contributed by atoms with van der Waals surface area (Å²) < 4.78 is 2.45. The fourth-order valence-electron chi connectivity index (χ4n) is 2.69. The van der Waals surface area contributed by atoms with Crippen LogP contribution in [0.4, 0.5) is 5.69 Å². The molecule has 0 fully saturated rings. The Morgan fingerprint density at radius 2 is 1.96 bits per heavy atom. The minimum atomic E-state index is -0.164. The van der Waals surface area contributed by atoms with Gasteiger partial charge >= 0.3 is 0 Å². The van der Waals surface area contributed by atoms with Gasteiger partial charge in [-0.2, -0.15) is 0 Å². The number of carbonyl (C=O) groups excluding carboxylic acids is 1. The van der Waals surface area contributed by atoms with Gasteiger partial charge in [0.1, 0.15) is 5.69 Å². The van der Waals surface area contributed by atoms with Crippen molar-refractivity contribution >= 4 is 38.6 Å². The summed E-state index contributed by atoms with van der Waals surface area (Å²) in [5.41, 5.74) is 3.58. The summed E-state index contributed by atoms with van der Waals surface area (Å²) in [4.78, 5) is 29.0. The number of halogens is 1. The van der Waals surface area contributed by atoms with Crippen LogP contribution in [0.2, 0.25) is 0 Å². The van der Waals surface area contributed by atoms with E-state index in [0.29, 0.717) is 12.2 Å². The highest BCUT2D eigenvalue weighted by atomic mass is 79.9. The standard InChI is InChI=1S/C19H18BrN3O2/c1-12-7-8-15(14(20)11-12)22-18(24)9-10-23-17-6-4-3-5-16(17)21-13(2)19(23)25/h3-8,11H,9-10H2,1-2H3,(H,22,24). The van der Waals surface area contributed by atoms with Crippen molar-refractivity contribution in [1.82, 2.24) is 9.55 Å². The summed E-state index contributed by atoms with van der Waals surface area (Å²) >= 11 is 3.45. The van der Waals surface area contributed by atoms with Gasteiger partial charge in [0.15, 0.2) is 0 Å². The van der Waals surface area contributed by atoms with E-state index in [-0.39, 0.29) is 17.9 Å². The van der Waals surface area contributed by atoms with Gasteiger partial charge in [0.25, 0.3) is 5.56 Å². The van der Waals surface area contributed by atoms with E-state index in [4.69, 9.17) is 0 Å². The maximum Gasteiger partial charge on any atom is 0.272 e. The lowest BCUT2D eigenvalue weighted by molar-refractivity contribution is -0.116. The zero-order valence-corrected chi connectivity index (χ0v) is 15.6. The molecule has 1 amide bonds. The number of nitrogens with one attached hydrogen (secondary N) is 1. The Labute approximate surface area is 153 Å². The maximum atomic E-state index is 12.4. The Hall–Kier alpha value is -2.47. The Morgan fingerprint density at radius 3 is 2.72 bits per heavy atom. The molecule has 0 saturated heterocycles. The van der Waals surface area contributed by atoms with E-state index < -0.39 is 0 Å². The first-order chi connectivity index (χ1) is 12.0. The summed E-state index contributed by atoms with van der Waals surface area (Å²) in [6.45, 7) is 3.98. The van der Waals surface area contributed by atoms with E-state index in [9.17, 15) is 9.59 Å². The van der Waals surface area contributed by atoms with Crippen LogP contribution in [0.15, 0.2) is 51.7 Å². The summed E-state index contributed by atoms with van der Waals surface area (Å²) in [7, 11) is 0. The van der Waals surface area contributed by atoms with Crippen molar-refractivity contribution in [3.05, 3.63) is 68.5 Å². The number of para-hydroxylation sites is 2. The van der Waals surface area contributed by atoms with Crippen LogP contribution in [-0.2, 0) is 11.3 Å². The smallest absolute Gasteiger partial charge is 0.272 e. The van der Waals surface area contributed by atoms with Gasteiger partial charge in [-0.25, -0.2) is 4.98 Å². The van der Waals surface area contributed by atoms with Gasteiger partial charge < -0.3 is 9.88 Å². The summed E-state index contributed by atoms with van der Waals surface area (Å²) in [6.07, 6.45) is 0.202. The fourth-order valence-corrected chi connectivity index (χ4v) is 3.28. The van der Waals surface area contributed by atoms with Crippen LogP contribution >= 0.6 is 15.9 Å². The number of carbonyl (C=O) groups is 1. The maximum absolute atomic E-state index is 12.4. The van der Waals surface area contributed by atoms with Crippen molar-refractivity contribution in [3.63, 3.8) is 0 Å². The predicted molar refractivity (Wildman–Crippen MR) is 103 cm³/mol. The molecule has 128 valence electrons. The van der Waals surface area contributed by atoms with E-state index in [1.807, 2.05) is 49.4 Å².